The highest BCUT2D eigenvalue weighted by Gasteiger charge is 2.13. The summed E-state index contributed by atoms with van der Waals surface area (Å²) >= 11 is 1.78. The Labute approximate surface area is 117 Å². The van der Waals surface area contributed by atoms with Crippen LogP contribution in [0.1, 0.15) is 29.8 Å². The van der Waals surface area contributed by atoms with Crippen LogP contribution in [-0.2, 0) is 17.8 Å². The van der Waals surface area contributed by atoms with E-state index in [2.05, 4.69) is 11.2 Å². The zero-order valence-electron chi connectivity index (χ0n) is 11.6. The summed E-state index contributed by atoms with van der Waals surface area (Å²) in [6, 6.07) is 0. The Bertz CT molecular complexity index is 511. The molecule has 0 aromatic carbocycles. The Hall–Kier alpha value is -1.30. The fourth-order valence-electron chi connectivity index (χ4n) is 2.03. The van der Waals surface area contributed by atoms with E-state index in [4.69, 9.17) is 5.11 Å². The average molecular weight is 284 g/mol. The van der Waals surface area contributed by atoms with Crippen LogP contribution in [0.4, 0.5) is 0 Å². The van der Waals surface area contributed by atoms with Gasteiger partial charge in [-0.25, -0.2) is 4.79 Å². The third kappa shape index (κ3) is 4.38. The van der Waals surface area contributed by atoms with E-state index in [9.17, 15) is 9.59 Å². The third-order valence-electron chi connectivity index (χ3n) is 3.08. The number of carboxylic acid groups (broad SMARTS) is 1. The second kappa shape index (κ2) is 7.33. The van der Waals surface area contributed by atoms with Gasteiger partial charge in [0.05, 0.1) is 6.42 Å². The van der Waals surface area contributed by atoms with Gasteiger partial charge in [0.25, 0.3) is 0 Å². The van der Waals surface area contributed by atoms with Crippen molar-refractivity contribution >= 4 is 17.7 Å². The van der Waals surface area contributed by atoms with Crippen LogP contribution in [0.5, 0.6) is 0 Å². The second-order valence-electron chi connectivity index (χ2n) is 4.47. The number of carboxylic acids is 1. The smallest absolute Gasteiger partial charge is 0.347 e. The Morgan fingerprint density at radius 2 is 2.05 bits per heavy atom. The number of carbonyl (C=O) groups is 1. The van der Waals surface area contributed by atoms with Crippen LogP contribution >= 0.6 is 11.8 Å². The van der Waals surface area contributed by atoms with E-state index in [1.54, 1.807) is 30.2 Å². The zero-order valence-corrected chi connectivity index (χ0v) is 12.4. The van der Waals surface area contributed by atoms with Gasteiger partial charge in [0, 0.05) is 23.5 Å². The molecular weight excluding hydrogens is 264 g/mol. The van der Waals surface area contributed by atoms with Crippen molar-refractivity contribution < 1.29 is 9.90 Å². The zero-order chi connectivity index (χ0) is 14.4. The summed E-state index contributed by atoms with van der Waals surface area (Å²) in [6.07, 6.45) is 3.90. The van der Waals surface area contributed by atoms with Gasteiger partial charge in [0.15, 0.2) is 0 Å². The third-order valence-corrected chi connectivity index (χ3v) is 3.78. The molecule has 0 fully saturated rings. The Kier molecular flexibility index (Phi) is 6.08. The molecule has 19 heavy (non-hydrogen) atoms. The molecule has 0 spiro atoms. The number of rotatable bonds is 7. The molecular formula is C13H20N2O3S. The van der Waals surface area contributed by atoms with E-state index >= 15 is 0 Å². The molecule has 1 N–H and O–H groups in total. The standard InChI is InChI=1S/C13H20N2O3S/c1-9-11(8-12(16)17)10(2)15(13(18)14-9)6-4-5-7-19-3/h4-8H2,1-3H3,(H,16,17). The first-order chi connectivity index (χ1) is 8.97. The SMILES string of the molecule is CSCCCCn1c(C)c(CC(=O)O)c(C)nc1=O. The van der Waals surface area contributed by atoms with E-state index in [1.165, 1.54) is 0 Å². The maximum atomic E-state index is 11.9. The maximum absolute atomic E-state index is 11.9. The lowest BCUT2D eigenvalue weighted by molar-refractivity contribution is -0.136. The molecule has 0 aliphatic rings. The summed E-state index contributed by atoms with van der Waals surface area (Å²) in [5.74, 6) is 0.162. The average Bonchev–Trinajstić information content (AvgIpc) is 2.33. The van der Waals surface area contributed by atoms with Gasteiger partial charge in [-0.15, -0.1) is 0 Å². The van der Waals surface area contributed by atoms with E-state index < -0.39 is 5.97 Å². The van der Waals surface area contributed by atoms with Crippen molar-refractivity contribution in [2.75, 3.05) is 12.0 Å². The number of aliphatic carboxylic acids is 1. The van der Waals surface area contributed by atoms with E-state index in [0.717, 1.165) is 24.3 Å². The van der Waals surface area contributed by atoms with Gasteiger partial charge in [-0.1, -0.05) is 0 Å². The summed E-state index contributed by atoms with van der Waals surface area (Å²) in [5, 5.41) is 8.90. The predicted octanol–water partition coefficient (Wildman–Crippen LogP) is 1.63. The van der Waals surface area contributed by atoms with Gasteiger partial charge in [-0.05, 0) is 38.7 Å². The molecule has 0 aliphatic heterocycles. The van der Waals surface area contributed by atoms with Crippen molar-refractivity contribution in [1.82, 2.24) is 9.55 Å². The topological polar surface area (TPSA) is 72.2 Å². The number of aryl methyl sites for hydroxylation is 1. The number of unbranched alkanes of at least 4 members (excludes halogenated alkanes) is 1. The van der Waals surface area contributed by atoms with Gasteiger partial charge in [0.2, 0.25) is 0 Å². The largest absolute Gasteiger partial charge is 0.481 e. The minimum Gasteiger partial charge on any atom is -0.481 e. The molecule has 0 atom stereocenters. The van der Waals surface area contributed by atoms with Crippen LogP contribution in [0.2, 0.25) is 0 Å². The van der Waals surface area contributed by atoms with Crippen molar-refractivity contribution in [3.63, 3.8) is 0 Å². The fraction of sp³-hybridized carbons (Fsp3) is 0.615. The number of aromatic nitrogens is 2. The quantitative estimate of drug-likeness (QED) is 0.770. The normalized spacial score (nSPS) is 10.7. The number of hydrogen-bond donors (Lipinski definition) is 1. The number of nitrogens with zero attached hydrogens (tertiary/aromatic N) is 2. The molecule has 6 heteroatoms. The number of thioether (sulfide) groups is 1. The molecule has 0 unspecified atom stereocenters. The van der Waals surface area contributed by atoms with Gasteiger partial charge in [0.1, 0.15) is 0 Å². The van der Waals surface area contributed by atoms with Crippen LogP contribution in [0, 0.1) is 13.8 Å². The molecule has 1 heterocycles. The van der Waals surface area contributed by atoms with Crippen LogP contribution in [0.25, 0.3) is 0 Å². The predicted molar refractivity (Wildman–Crippen MR) is 76.9 cm³/mol. The molecule has 0 radical (unpaired) electrons. The van der Waals surface area contributed by atoms with Gasteiger partial charge in [-0.2, -0.15) is 16.7 Å². The van der Waals surface area contributed by atoms with Gasteiger partial charge < -0.3 is 5.11 Å². The molecule has 1 aromatic heterocycles. The molecule has 5 nitrogen and oxygen atoms in total. The Morgan fingerprint density at radius 3 is 2.63 bits per heavy atom. The summed E-state index contributed by atoms with van der Waals surface area (Å²) in [6.45, 7) is 4.08. The molecule has 0 saturated carbocycles. The minimum absolute atomic E-state index is 0.0875. The van der Waals surface area contributed by atoms with Gasteiger partial charge >= 0.3 is 11.7 Å². The highest BCUT2D eigenvalue weighted by Crippen LogP contribution is 2.11. The molecule has 0 aliphatic carbocycles. The van der Waals surface area contributed by atoms with Crippen molar-refractivity contribution in [3.05, 3.63) is 27.4 Å². The van der Waals surface area contributed by atoms with Crippen molar-refractivity contribution in [1.29, 1.82) is 0 Å². The Balaban J connectivity index is 2.97. The lowest BCUT2D eigenvalue weighted by Crippen LogP contribution is -2.28. The van der Waals surface area contributed by atoms with Crippen LogP contribution in [-0.4, -0.2) is 32.6 Å². The molecule has 106 valence electrons. The molecule has 0 bridgehead atoms. The van der Waals surface area contributed by atoms with E-state index in [1.807, 2.05) is 0 Å². The van der Waals surface area contributed by atoms with Crippen LogP contribution < -0.4 is 5.69 Å². The first-order valence-electron chi connectivity index (χ1n) is 6.25. The summed E-state index contributed by atoms with van der Waals surface area (Å²) in [7, 11) is 0. The summed E-state index contributed by atoms with van der Waals surface area (Å²) in [5.41, 5.74) is 1.61. The summed E-state index contributed by atoms with van der Waals surface area (Å²) < 4.78 is 1.59. The lowest BCUT2D eigenvalue weighted by atomic mass is 10.1. The van der Waals surface area contributed by atoms with E-state index in [0.29, 0.717) is 17.8 Å². The van der Waals surface area contributed by atoms with E-state index in [-0.39, 0.29) is 12.1 Å². The minimum atomic E-state index is -0.902. The lowest BCUT2D eigenvalue weighted by Gasteiger charge is -2.14. The van der Waals surface area contributed by atoms with Crippen molar-refractivity contribution in [3.8, 4) is 0 Å². The first kappa shape index (κ1) is 15.8. The molecule has 1 rings (SSSR count). The summed E-state index contributed by atoms with van der Waals surface area (Å²) in [4.78, 5) is 26.6. The first-order valence-corrected chi connectivity index (χ1v) is 7.64. The number of hydrogen-bond acceptors (Lipinski definition) is 4. The Morgan fingerprint density at radius 1 is 1.37 bits per heavy atom. The van der Waals surface area contributed by atoms with Crippen molar-refractivity contribution in [2.24, 2.45) is 0 Å². The molecule has 0 saturated heterocycles. The highest BCUT2D eigenvalue weighted by atomic mass is 32.2. The maximum Gasteiger partial charge on any atom is 0.347 e. The fourth-order valence-corrected chi connectivity index (χ4v) is 2.52. The molecule has 0 amide bonds. The van der Waals surface area contributed by atoms with Crippen molar-refractivity contribution in [2.45, 2.75) is 39.7 Å². The monoisotopic (exact) mass is 284 g/mol. The van der Waals surface area contributed by atoms with Crippen LogP contribution in [0.3, 0.4) is 0 Å². The van der Waals surface area contributed by atoms with Gasteiger partial charge in [-0.3, -0.25) is 9.36 Å². The van der Waals surface area contributed by atoms with Crippen LogP contribution in [0.15, 0.2) is 4.79 Å². The second-order valence-corrected chi connectivity index (χ2v) is 5.45. The highest BCUT2D eigenvalue weighted by molar-refractivity contribution is 7.98. The molecule has 1 aromatic rings.